The molecule has 1 amide bonds. The predicted molar refractivity (Wildman–Crippen MR) is 96.7 cm³/mol. The topological polar surface area (TPSA) is 41.6 Å². The summed E-state index contributed by atoms with van der Waals surface area (Å²) in [5.74, 6) is 0.744. The van der Waals surface area contributed by atoms with Crippen molar-refractivity contribution in [3.8, 4) is 0 Å². The first-order valence-corrected chi connectivity index (χ1v) is 9.43. The van der Waals surface area contributed by atoms with Crippen molar-refractivity contribution in [2.45, 2.75) is 104 Å². The van der Waals surface area contributed by atoms with Gasteiger partial charge < -0.3 is 15.0 Å². The largest absolute Gasteiger partial charge is 0.444 e. The molecule has 4 unspecified atom stereocenters. The zero-order chi connectivity index (χ0) is 17.6. The highest BCUT2D eigenvalue weighted by Gasteiger charge is 2.34. The summed E-state index contributed by atoms with van der Waals surface area (Å²) in [6, 6.07) is 1.09. The van der Waals surface area contributed by atoms with Crippen molar-refractivity contribution in [1.29, 1.82) is 0 Å². The van der Waals surface area contributed by atoms with Gasteiger partial charge in [-0.1, -0.05) is 27.2 Å². The zero-order valence-corrected chi connectivity index (χ0v) is 16.3. The number of amides is 1. The van der Waals surface area contributed by atoms with Gasteiger partial charge in [-0.05, 0) is 59.3 Å². The maximum Gasteiger partial charge on any atom is 0.410 e. The first kappa shape index (κ1) is 20.3. The summed E-state index contributed by atoms with van der Waals surface area (Å²) >= 11 is 0. The van der Waals surface area contributed by atoms with E-state index >= 15 is 0 Å². The number of piperidine rings is 1. The minimum atomic E-state index is -0.431. The van der Waals surface area contributed by atoms with Gasteiger partial charge in [0.15, 0.2) is 0 Å². The molecular formula is C19H38N2O2. The lowest BCUT2D eigenvalue weighted by Gasteiger charge is -2.41. The SMILES string of the molecule is CCC(C)CC(CC)NC1CCCN(C(=O)OC(C)(C)C)C1C. The molecule has 23 heavy (non-hydrogen) atoms. The average Bonchev–Trinajstić information content (AvgIpc) is 2.46. The molecule has 1 N–H and O–H groups in total. The second-order valence-electron chi connectivity index (χ2n) is 8.18. The molecule has 1 heterocycles. The lowest BCUT2D eigenvalue weighted by Crippen LogP contribution is -2.57. The van der Waals surface area contributed by atoms with Crippen LogP contribution in [0.4, 0.5) is 4.79 Å². The molecule has 1 saturated heterocycles. The van der Waals surface area contributed by atoms with E-state index in [0.29, 0.717) is 12.1 Å². The van der Waals surface area contributed by atoms with Crippen LogP contribution in [0.5, 0.6) is 0 Å². The third-order valence-corrected chi connectivity index (χ3v) is 4.94. The van der Waals surface area contributed by atoms with E-state index in [0.717, 1.165) is 31.7 Å². The highest BCUT2D eigenvalue weighted by molar-refractivity contribution is 5.68. The molecule has 0 radical (unpaired) electrons. The van der Waals surface area contributed by atoms with Gasteiger partial charge in [-0.15, -0.1) is 0 Å². The molecule has 0 aliphatic carbocycles. The minimum absolute atomic E-state index is 0.175. The maximum absolute atomic E-state index is 12.4. The van der Waals surface area contributed by atoms with Crippen molar-refractivity contribution >= 4 is 6.09 Å². The number of carbonyl (C=O) groups is 1. The maximum atomic E-state index is 12.4. The number of likely N-dealkylation sites (tertiary alicyclic amines) is 1. The van der Waals surface area contributed by atoms with Crippen LogP contribution in [0.25, 0.3) is 0 Å². The fraction of sp³-hybridized carbons (Fsp3) is 0.947. The fourth-order valence-electron chi connectivity index (χ4n) is 3.25. The van der Waals surface area contributed by atoms with E-state index in [1.54, 1.807) is 0 Å². The third-order valence-electron chi connectivity index (χ3n) is 4.94. The van der Waals surface area contributed by atoms with Crippen molar-refractivity contribution in [2.75, 3.05) is 6.54 Å². The van der Waals surface area contributed by atoms with Crippen molar-refractivity contribution in [3.05, 3.63) is 0 Å². The first-order chi connectivity index (χ1) is 10.7. The van der Waals surface area contributed by atoms with Gasteiger partial charge >= 0.3 is 6.09 Å². The predicted octanol–water partition coefficient (Wildman–Crippen LogP) is 4.58. The first-order valence-electron chi connectivity index (χ1n) is 9.43. The number of rotatable bonds is 6. The molecule has 0 saturated carbocycles. The van der Waals surface area contributed by atoms with Crippen LogP contribution >= 0.6 is 0 Å². The van der Waals surface area contributed by atoms with Crippen LogP contribution in [-0.4, -0.2) is 41.3 Å². The molecule has 1 rings (SSSR count). The van der Waals surface area contributed by atoms with Gasteiger partial charge in [0.1, 0.15) is 5.60 Å². The van der Waals surface area contributed by atoms with Crippen LogP contribution in [0.3, 0.4) is 0 Å². The third kappa shape index (κ3) is 6.70. The Morgan fingerprint density at radius 2 is 1.96 bits per heavy atom. The minimum Gasteiger partial charge on any atom is -0.444 e. The molecule has 1 aliphatic heterocycles. The zero-order valence-electron chi connectivity index (χ0n) is 16.3. The second kappa shape index (κ2) is 8.91. The van der Waals surface area contributed by atoms with E-state index in [2.05, 4.69) is 33.0 Å². The van der Waals surface area contributed by atoms with Gasteiger partial charge in [0, 0.05) is 24.7 Å². The Kier molecular flexibility index (Phi) is 7.85. The number of nitrogens with zero attached hydrogens (tertiary/aromatic N) is 1. The Bertz CT molecular complexity index is 365. The molecule has 1 fully saturated rings. The Hall–Kier alpha value is -0.770. The molecule has 4 nitrogen and oxygen atoms in total. The van der Waals surface area contributed by atoms with Crippen LogP contribution in [-0.2, 0) is 4.74 Å². The van der Waals surface area contributed by atoms with Crippen molar-refractivity contribution in [2.24, 2.45) is 5.92 Å². The molecule has 0 aromatic heterocycles. The molecular weight excluding hydrogens is 288 g/mol. The highest BCUT2D eigenvalue weighted by Crippen LogP contribution is 2.22. The summed E-state index contributed by atoms with van der Waals surface area (Å²) in [5.41, 5.74) is -0.431. The summed E-state index contributed by atoms with van der Waals surface area (Å²) in [6.07, 6.45) is 5.58. The van der Waals surface area contributed by atoms with E-state index in [1.807, 2.05) is 25.7 Å². The Morgan fingerprint density at radius 1 is 1.30 bits per heavy atom. The Balaban J connectivity index is 2.64. The second-order valence-corrected chi connectivity index (χ2v) is 8.18. The van der Waals surface area contributed by atoms with Crippen LogP contribution in [0.2, 0.25) is 0 Å². The van der Waals surface area contributed by atoms with E-state index in [4.69, 9.17) is 4.74 Å². The monoisotopic (exact) mass is 326 g/mol. The van der Waals surface area contributed by atoms with Gasteiger partial charge in [0.2, 0.25) is 0 Å². The fourth-order valence-corrected chi connectivity index (χ4v) is 3.25. The molecule has 4 heteroatoms. The lowest BCUT2D eigenvalue weighted by molar-refractivity contribution is 0.00607. The van der Waals surface area contributed by atoms with E-state index in [1.165, 1.54) is 12.8 Å². The molecule has 1 aliphatic rings. The molecule has 0 aromatic carbocycles. The quantitative estimate of drug-likeness (QED) is 0.777. The van der Waals surface area contributed by atoms with Gasteiger partial charge in [-0.3, -0.25) is 0 Å². The molecule has 136 valence electrons. The lowest BCUT2D eigenvalue weighted by atomic mass is 9.93. The van der Waals surface area contributed by atoms with E-state index in [9.17, 15) is 4.79 Å². The van der Waals surface area contributed by atoms with E-state index < -0.39 is 5.60 Å². The number of hydrogen-bond donors (Lipinski definition) is 1. The van der Waals surface area contributed by atoms with Crippen molar-refractivity contribution in [3.63, 3.8) is 0 Å². The Labute approximate surface area is 143 Å². The highest BCUT2D eigenvalue weighted by atomic mass is 16.6. The van der Waals surface area contributed by atoms with Gasteiger partial charge in [-0.2, -0.15) is 0 Å². The van der Waals surface area contributed by atoms with Crippen molar-refractivity contribution in [1.82, 2.24) is 10.2 Å². The number of hydrogen-bond acceptors (Lipinski definition) is 3. The van der Waals surface area contributed by atoms with Gasteiger partial charge in [0.05, 0.1) is 0 Å². The van der Waals surface area contributed by atoms with Gasteiger partial charge in [-0.25, -0.2) is 4.79 Å². The van der Waals surface area contributed by atoms with E-state index in [-0.39, 0.29) is 12.1 Å². The molecule has 0 aromatic rings. The number of carbonyl (C=O) groups excluding carboxylic acids is 1. The molecule has 4 atom stereocenters. The summed E-state index contributed by atoms with van der Waals surface area (Å²) in [7, 11) is 0. The molecule has 0 spiro atoms. The average molecular weight is 327 g/mol. The van der Waals surface area contributed by atoms with Crippen LogP contribution in [0.15, 0.2) is 0 Å². The summed E-state index contributed by atoms with van der Waals surface area (Å²) < 4.78 is 5.57. The smallest absolute Gasteiger partial charge is 0.410 e. The summed E-state index contributed by atoms with van der Waals surface area (Å²) in [6.45, 7) is 15.6. The normalized spacial score (nSPS) is 25.1. The molecule has 0 bridgehead atoms. The summed E-state index contributed by atoms with van der Waals surface area (Å²) in [4.78, 5) is 14.3. The number of ether oxygens (including phenoxy) is 1. The van der Waals surface area contributed by atoms with Crippen LogP contribution in [0.1, 0.15) is 80.6 Å². The van der Waals surface area contributed by atoms with Gasteiger partial charge in [0.25, 0.3) is 0 Å². The Morgan fingerprint density at radius 3 is 2.48 bits per heavy atom. The number of nitrogens with one attached hydrogen (secondary N) is 1. The summed E-state index contributed by atoms with van der Waals surface area (Å²) in [5, 5.41) is 3.82. The van der Waals surface area contributed by atoms with Crippen LogP contribution in [0, 0.1) is 5.92 Å². The van der Waals surface area contributed by atoms with Crippen molar-refractivity contribution < 1.29 is 9.53 Å². The standard InChI is InChI=1S/C19H38N2O2/c1-8-14(3)13-16(9-2)20-17-11-10-12-21(15(17)4)18(22)23-19(5,6)7/h14-17,20H,8-13H2,1-7H3. The van der Waals surface area contributed by atoms with Crippen LogP contribution < -0.4 is 5.32 Å².